The second-order valence-electron chi connectivity index (χ2n) is 4.10. The summed E-state index contributed by atoms with van der Waals surface area (Å²) in [4.78, 5) is 3.37. The fourth-order valence-electron chi connectivity index (χ4n) is 2.03. The Morgan fingerprint density at radius 1 is 1.25 bits per heavy atom. The highest BCUT2D eigenvalue weighted by Crippen LogP contribution is 2.29. The van der Waals surface area contributed by atoms with E-state index in [9.17, 15) is 5.11 Å². The number of para-hydroxylation sites is 1. The summed E-state index contributed by atoms with van der Waals surface area (Å²) in [6.07, 6.45) is -0.239. The van der Waals surface area contributed by atoms with Crippen LogP contribution in [0.1, 0.15) is 0 Å². The number of benzene rings is 1. The van der Waals surface area contributed by atoms with E-state index in [2.05, 4.69) is 28.5 Å². The van der Waals surface area contributed by atoms with Gasteiger partial charge in [0.25, 0.3) is 0 Å². The van der Waals surface area contributed by atoms with Gasteiger partial charge in [0.1, 0.15) is 0 Å². The third-order valence-corrected chi connectivity index (χ3v) is 4.17. The van der Waals surface area contributed by atoms with Gasteiger partial charge in [-0.2, -0.15) is 0 Å². The number of fused-ring (bicyclic) bond motifs is 1. The Morgan fingerprint density at radius 2 is 2.12 bits per heavy atom. The van der Waals surface area contributed by atoms with E-state index in [1.165, 1.54) is 5.39 Å². The molecular formula is C12H14N2OS. The number of nitrogens with one attached hydrogen (secondary N) is 2. The van der Waals surface area contributed by atoms with Gasteiger partial charge >= 0.3 is 0 Å². The van der Waals surface area contributed by atoms with Gasteiger partial charge in [0.2, 0.25) is 0 Å². The second kappa shape index (κ2) is 4.13. The largest absolute Gasteiger partial charge is 0.391 e. The quantitative estimate of drug-likeness (QED) is 0.739. The van der Waals surface area contributed by atoms with Crippen LogP contribution in [0.15, 0.2) is 35.4 Å². The molecule has 1 aliphatic heterocycles. The highest BCUT2D eigenvalue weighted by molar-refractivity contribution is 8.00. The molecule has 2 atom stereocenters. The van der Waals surface area contributed by atoms with Gasteiger partial charge in [-0.15, -0.1) is 11.8 Å². The first kappa shape index (κ1) is 10.2. The summed E-state index contributed by atoms with van der Waals surface area (Å²) in [5.41, 5.74) is 1.16. The number of rotatable bonds is 2. The van der Waals surface area contributed by atoms with E-state index in [0.29, 0.717) is 6.54 Å². The molecule has 0 radical (unpaired) electrons. The van der Waals surface area contributed by atoms with E-state index in [4.69, 9.17) is 0 Å². The van der Waals surface area contributed by atoms with E-state index in [1.807, 2.05) is 12.1 Å². The molecule has 0 bridgehead atoms. The molecule has 1 fully saturated rings. The fraction of sp³-hybridized carbons (Fsp3) is 0.333. The highest BCUT2D eigenvalue weighted by atomic mass is 32.2. The number of thioether (sulfide) groups is 1. The van der Waals surface area contributed by atoms with Gasteiger partial charge < -0.3 is 15.4 Å². The Morgan fingerprint density at radius 3 is 2.88 bits per heavy atom. The summed E-state index contributed by atoms with van der Waals surface area (Å²) in [6, 6.07) is 10.4. The Balaban J connectivity index is 1.83. The van der Waals surface area contributed by atoms with Crippen molar-refractivity contribution in [2.45, 2.75) is 16.4 Å². The number of aromatic amines is 1. The summed E-state index contributed by atoms with van der Waals surface area (Å²) < 4.78 is 0. The third kappa shape index (κ3) is 1.84. The number of aliphatic hydroxyl groups is 1. The number of aromatic nitrogens is 1. The molecule has 0 amide bonds. The van der Waals surface area contributed by atoms with Crippen molar-refractivity contribution < 1.29 is 5.11 Å². The van der Waals surface area contributed by atoms with Crippen molar-refractivity contribution in [1.29, 1.82) is 0 Å². The van der Waals surface area contributed by atoms with Crippen molar-refractivity contribution in [2.24, 2.45) is 0 Å². The second-order valence-corrected chi connectivity index (χ2v) is 5.38. The van der Waals surface area contributed by atoms with Gasteiger partial charge in [0.05, 0.1) is 16.4 Å². The van der Waals surface area contributed by atoms with Crippen LogP contribution < -0.4 is 5.32 Å². The van der Waals surface area contributed by atoms with Crippen molar-refractivity contribution in [2.75, 3.05) is 13.1 Å². The zero-order valence-electron chi connectivity index (χ0n) is 8.81. The molecule has 2 unspecified atom stereocenters. The van der Waals surface area contributed by atoms with Crippen molar-refractivity contribution >= 4 is 22.7 Å². The lowest BCUT2D eigenvalue weighted by Gasteiger charge is -2.10. The lowest BCUT2D eigenvalue weighted by molar-refractivity contribution is 0.201. The fourth-order valence-corrected chi connectivity index (χ4v) is 3.18. The zero-order valence-corrected chi connectivity index (χ0v) is 9.63. The van der Waals surface area contributed by atoms with Gasteiger partial charge in [-0.1, -0.05) is 18.2 Å². The predicted octanol–water partition coefficient (Wildman–Crippen LogP) is 1.59. The molecule has 16 heavy (non-hydrogen) atoms. The first-order valence-electron chi connectivity index (χ1n) is 5.46. The maximum absolute atomic E-state index is 9.73. The molecule has 84 valence electrons. The molecule has 0 spiro atoms. The van der Waals surface area contributed by atoms with Crippen LogP contribution in [0.4, 0.5) is 0 Å². The average molecular weight is 234 g/mol. The van der Waals surface area contributed by atoms with Gasteiger partial charge in [0.15, 0.2) is 0 Å². The first-order chi connectivity index (χ1) is 7.83. The molecular weight excluding hydrogens is 220 g/mol. The van der Waals surface area contributed by atoms with Crippen LogP contribution in [-0.2, 0) is 0 Å². The summed E-state index contributed by atoms with van der Waals surface area (Å²) in [5, 5.41) is 15.5. The van der Waals surface area contributed by atoms with Crippen molar-refractivity contribution in [3.05, 3.63) is 30.3 Å². The number of aliphatic hydroxyl groups excluding tert-OH is 1. The molecule has 2 heterocycles. The molecule has 1 aromatic heterocycles. The molecule has 1 aromatic carbocycles. The van der Waals surface area contributed by atoms with Crippen molar-refractivity contribution in [3.8, 4) is 0 Å². The van der Waals surface area contributed by atoms with Crippen molar-refractivity contribution in [3.63, 3.8) is 0 Å². The number of β-amino-alcohol motifs (C(OH)–C–C–N with tert-alkyl or cyclic N) is 1. The van der Waals surface area contributed by atoms with Crippen LogP contribution in [0.2, 0.25) is 0 Å². The smallest absolute Gasteiger partial charge is 0.0799 e. The van der Waals surface area contributed by atoms with Gasteiger partial charge in [-0.25, -0.2) is 0 Å². The SMILES string of the molecule is OC1CNCC1Sc1cc2ccccc2[nH]1. The zero-order chi connectivity index (χ0) is 11.0. The standard InChI is InChI=1S/C12H14N2OS/c15-10-6-13-7-11(10)16-12-5-8-3-1-2-4-9(8)14-12/h1-5,10-11,13-15H,6-7H2. The molecule has 0 aliphatic carbocycles. The maximum atomic E-state index is 9.73. The summed E-state index contributed by atoms with van der Waals surface area (Å²) in [7, 11) is 0. The number of hydrogen-bond acceptors (Lipinski definition) is 3. The Labute approximate surface area is 98.2 Å². The molecule has 2 aromatic rings. The average Bonchev–Trinajstić information content (AvgIpc) is 2.85. The topological polar surface area (TPSA) is 48.0 Å². The van der Waals surface area contributed by atoms with Crippen LogP contribution in [0.5, 0.6) is 0 Å². The third-order valence-electron chi connectivity index (χ3n) is 2.91. The van der Waals surface area contributed by atoms with Crippen LogP contribution in [0.3, 0.4) is 0 Å². The van der Waals surface area contributed by atoms with Gasteiger partial charge in [-0.3, -0.25) is 0 Å². The maximum Gasteiger partial charge on any atom is 0.0799 e. The summed E-state index contributed by atoms with van der Waals surface area (Å²) in [6.45, 7) is 1.58. The van der Waals surface area contributed by atoms with Crippen LogP contribution in [-0.4, -0.2) is 34.5 Å². The molecule has 4 heteroatoms. The molecule has 3 nitrogen and oxygen atoms in total. The lowest BCUT2D eigenvalue weighted by Crippen LogP contribution is -2.19. The predicted molar refractivity (Wildman–Crippen MR) is 66.8 cm³/mol. The number of hydrogen-bond donors (Lipinski definition) is 3. The molecule has 3 rings (SSSR count). The minimum Gasteiger partial charge on any atom is -0.391 e. The first-order valence-corrected chi connectivity index (χ1v) is 6.34. The van der Waals surface area contributed by atoms with E-state index in [0.717, 1.165) is 17.1 Å². The van der Waals surface area contributed by atoms with Gasteiger partial charge in [-0.05, 0) is 12.1 Å². The lowest BCUT2D eigenvalue weighted by atomic mass is 10.3. The number of H-pyrrole nitrogens is 1. The Hall–Kier alpha value is -0.970. The van der Waals surface area contributed by atoms with Crippen LogP contribution >= 0.6 is 11.8 Å². The molecule has 1 saturated heterocycles. The van der Waals surface area contributed by atoms with E-state index < -0.39 is 0 Å². The highest BCUT2D eigenvalue weighted by Gasteiger charge is 2.26. The monoisotopic (exact) mass is 234 g/mol. The minimum atomic E-state index is -0.239. The summed E-state index contributed by atoms with van der Waals surface area (Å²) >= 11 is 1.72. The summed E-state index contributed by atoms with van der Waals surface area (Å²) in [5.74, 6) is 0. The Kier molecular flexibility index (Phi) is 2.63. The molecule has 1 aliphatic rings. The normalized spacial score (nSPS) is 25.3. The van der Waals surface area contributed by atoms with Crippen molar-refractivity contribution in [1.82, 2.24) is 10.3 Å². The van der Waals surface area contributed by atoms with E-state index >= 15 is 0 Å². The van der Waals surface area contributed by atoms with Crippen LogP contribution in [0.25, 0.3) is 10.9 Å². The van der Waals surface area contributed by atoms with E-state index in [1.54, 1.807) is 11.8 Å². The minimum absolute atomic E-state index is 0.239. The Bertz CT molecular complexity index is 463. The van der Waals surface area contributed by atoms with Crippen LogP contribution in [0, 0.1) is 0 Å². The van der Waals surface area contributed by atoms with Gasteiger partial charge in [0, 0.05) is 24.0 Å². The van der Waals surface area contributed by atoms with E-state index in [-0.39, 0.29) is 11.4 Å². The molecule has 3 N–H and O–H groups in total. The molecule has 0 saturated carbocycles.